The number of carbonyl (C=O) groups is 1. The number of ketones is 1. The summed E-state index contributed by atoms with van der Waals surface area (Å²) in [4.78, 5) is 12.4. The van der Waals surface area contributed by atoms with Gasteiger partial charge in [-0.1, -0.05) is 36.8 Å². The first kappa shape index (κ1) is 13.3. The van der Waals surface area contributed by atoms with Gasteiger partial charge in [0.05, 0.1) is 12.2 Å². The smallest absolute Gasteiger partial charge is 0.143 e. The van der Waals surface area contributed by atoms with Gasteiger partial charge < -0.3 is 4.74 Å². The highest BCUT2D eigenvalue weighted by Gasteiger charge is 2.40. The number of benzene rings is 1. The molecule has 1 aliphatic rings. The molecule has 2 heteroatoms. The zero-order valence-electron chi connectivity index (χ0n) is 11.6. The molecule has 1 saturated heterocycles. The molecule has 2 nitrogen and oxygen atoms in total. The molecule has 4 unspecified atom stereocenters. The Balaban J connectivity index is 2.06. The summed E-state index contributed by atoms with van der Waals surface area (Å²) >= 11 is 0. The van der Waals surface area contributed by atoms with E-state index in [1.807, 2.05) is 19.1 Å². The van der Waals surface area contributed by atoms with E-state index >= 15 is 0 Å². The fourth-order valence-electron chi connectivity index (χ4n) is 2.85. The van der Waals surface area contributed by atoms with Gasteiger partial charge >= 0.3 is 0 Å². The van der Waals surface area contributed by atoms with Crippen LogP contribution >= 0.6 is 0 Å². The number of aryl methyl sites for hydroxylation is 1. The predicted molar refractivity (Wildman–Crippen MR) is 72.6 cm³/mol. The van der Waals surface area contributed by atoms with Gasteiger partial charge in [0.2, 0.25) is 0 Å². The lowest BCUT2D eigenvalue weighted by atomic mass is 9.84. The van der Waals surface area contributed by atoms with Gasteiger partial charge in [0.15, 0.2) is 0 Å². The van der Waals surface area contributed by atoms with Gasteiger partial charge in [0, 0.05) is 12.3 Å². The second kappa shape index (κ2) is 5.23. The van der Waals surface area contributed by atoms with Crippen LogP contribution in [-0.4, -0.2) is 18.0 Å². The van der Waals surface area contributed by atoms with Crippen molar-refractivity contribution in [3.63, 3.8) is 0 Å². The average Bonchev–Trinajstić information content (AvgIpc) is 2.56. The number of Topliss-reactive ketones (excluding diaryl/α,β-unsaturated/α-hetero) is 1. The van der Waals surface area contributed by atoms with Crippen molar-refractivity contribution in [3.8, 4) is 0 Å². The summed E-state index contributed by atoms with van der Waals surface area (Å²) in [5.41, 5.74) is 2.33. The predicted octanol–water partition coefficient (Wildman–Crippen LogP) is 3.17. The van der Waals surface area contributed by atoms with E-state index < -0.39 is 0 Å². The molecule has 0 bridgehead atoms. The van der Waals surface area contributed by atoms with Gasteiger partial charge in [-0.2, -0.15) is 0 Å². The largest absolute Gasteiger partial charge is 0.375 e. The SMILES string of the molecule is Cc1ccc(CC(=O)C2C(C)OC(C)C2C)cc1. The molecular formula is C16H22O2. The van der Waals surface area contributed by atoms with Crippen LogP contribution in [-0.2, 0) is 16.0 Å². The molecule has 18 heavy (non-hydrogen) atoms. The molecule has 1 fully saturated rings. The Morgan fingerprint density at radius 2 is 1.72 bits per heavy atom. The molecule has 1 aromatic carbocycles. The van der Waals surface area contributed by atoms with Gasteiger partial charge in [0.25, 0.3) is 0 Å². The second-order valence-electron chi connectivity index (χ2n) is 5.56. The summed E-state index contributed by atoms with van der Waals surface area (Å²) in [5.74, 6) is 0.669. The molecule has 1 aromatic rings. The van der Waals surface area contributed by atoms with Crippen molar-refractivity contribution in [1.82, 2.24) is 0 Å². The fourth-order valence-corrected chi connectivity index (χ4v) is 2.85. The van der Waals surface area contributed by atoms with Crippen molar-refractivity contribution in [1.29, 1.82) is 0 Å². The Morgan fingerprint density at radius 1 is 1.11 bits per heavy atom. The van der Waals surface area contributed by atoms with E-state index in [1.54, 1.807) is 0 Å². The lowest BCUT2D eigenvalue weighted by molar-refractivity contribution is -0.124. The Morgan fingerprint density at radius 3 is 2.22 bits per heavy atom. The Hall–Kier alpha value is -1.15. The third kappa shape index (κ3) is 2.64. The van der Waals surface area contributed by atoms with Gasteiger partial charge in [-0.15, -0.1) is 0 Å². The summed E-state index contributed by atoms with van der Waals surface area (Å²) in [7, 11) is 0. The van der Waals surface area contributed by atoms with Crippen molar-refractivity contribution < 1.29 is 9.53 Å². The third-order valence-corrected chi connectivity index (χ3v) is 4.11. The Bertz CT molecular complexity index is 421. The summed E-state index contributed by atoms with van der Waals surface area (Å²) < 4.78 is 5.74. The summed E-state index contributed by atoms with van der Waals surface area (Å²) in [6.07, 6.45) is 0.760. The summed E-state index contributed by atoms with van der Waals surface area (Å²) in [5, 5.41) is 0. The zero-order valence-corrected chi connectivity index (χ0v) is 11.6. The number of hydrogen-bond acceptors (Lipinski definition) is 2. The van der Waals surface area contributed by atoms with E-state index in [2.05, 4.69) is 32.9 Å². The minimum Gasteiger partial charge on any atom is -0.375 e. The average molecular weight is 246 g/mol. The summed E-state index contributed by atoms with van der Waals surface area (Å²) in [6, 6.07) is 8.20. The van der Waals surface area contributed by atoms with Gasteiger partial charge in [0.1, 0.15) is 5.78 Å². The van der Waals surface area contributed by atoms with Crippen LogP contribution in [0.3, 0.4) is 0 Å². The third-order valence-electron chi connectivity index (χ3n) is 4.11. The van der Waals surface area contributed by atoms with Crippen LogP contribution in [0.5, 0.6) is 0 Å². The monoisotopic (exact) mass is 246 g/mol. The minimum absolute atomic E-state index is 0.0429. The van der Waals surface area contributed by atoms with Crippen LogP contribution in [0, 0.1) is 18.8 Å². The minimum atomic E-state index is 0.0429. The van der Waals surface area contributed by atoms with E-state index in [9.17, 15) is 4.79 Å². The van der Waals surface area contributed by atoms with E-state index in [-0.39, 0.29) is 18.1 Å². The van der Waals surface area contributed by atoms with E-state index in [0.29, 0.717) is 18.1 Å². The molecule has 0 N–H and O–H groups in total. The number of ether oxygens (including phenoxy) is 1. The van der Waals surface area contributed by atoms with Crippen molar-refractivity contribution in [3.05, 3.63) is 35.4 Å². The maximum atomic E-state index is 12.4. The molecule has 0 aromatic heterocycles. The zero-order chi connectivity index (χ0) is 13.3. The highest BCUT2D eigenvalue weighted by molar-refractivity contribution is 5.84. The highest BCUT2D eigenvalue weighted by Crippen LogP contribution is 2.33. The molecule has 2 rings (SSSR count). The molecule has 0 radical (unpaired) electrons. The Labute approximate surface area is 109 Å². The standard InChI is InChI=1S/C16H22O2/c1-10-5-7-14(8-6-10)9-15(17)16-11(2)12(3)18-13(16)4/h5-8,11-13,16H,9H2,1-4H3. The van der Waals surface area contributed by atoms with Crippen LogP contribution in [0.4, 0.5) is 0 Å². The number of hydrogen-bond donors (Lipinski definition) is 0. The van der Waals surface area contributed by atoms with Gasteiger partial charge in [-0.05, 0) is 32.3 Å². The van der Waals surface area contributed by atoms with Crippen molar-refractivity contribution >= 4 is 5.78 Å². The first-order chi connectivity index (χ1) is 8.49. The van der Waals surface area contributed by atoms with E-state index in [4.69, 9.17) is 4.74 Å². The molecule has 0 amide bonds. The number of carbonyl (C=O) groups excluding carboxylic acids is 1. The van der Waals surface area contributed by atoms with Crippen molar-refractivity contribution in [2.45, 2.75) is 46.3 Å². The molecular weight excluding hydrogens is 224 g/mol. The second-order valence-corrected chi connectivity index (χ2v) is 5.56. The maximum absolute atomic E-state index is 12.4. The molecule has 4 atom stereocenters. The van der Waals surface area contributed by atoms with Gasteiger partial charge in [-0.25, -0.2) is 0 Å². The summed E-state index contributed by atoms with van der Waals surface area (Å²) in [6.45, 7) is 8.24. The number of rotatable bonds is 3. The molecule has 0 aliphatic carbocycles. The van der Waals surface area contributed by atoms with Crippen LogP contribution < -0.4 is 0 Å². The van der Waals surface area contributed by atoms with Crippen LogP contribution in [0.25, 0.3) is 0 Å². The Kier molecular flexibility index (Phi) is 3.86. The topological polar surface area (TPSA) is 26.3 Å². The maximum Gasteiger partial charge on any atom is 0.143 e. The van der Waals surface area contributed by atoms with Crippen LogP contribution in [0.1, 0.15) is 31.9 Å². The van der Waals surface area contributed by atoms with Gasteiger partial charge in [-0.3, -0.25) is 4.79 Å². The molecule has 98 valence electrons. The first-order valence-electron chi connectivity index (χ1n) is 6.72. The lowest BCUT2D eigenvalue weighted by Crippen LogP contribution is -2.28. The van der Waals surface area contributed by atoms with Crippen molar-refractivity contribution in [2.24, 2.45) is 11.8 Å². The van der Waals surface area contributed by atoms with E-state index in [0.717, 1.165) is 5.56 Å². The quantitative estimate of drug-likeness (QED) is 0.819. The van der Waals surface area contributed by atoms with Crippen LogP contribution in [0.2, 0.25) is 0 Å². The van der Waals surface area contributed by atoms with E-state index in [1.165, 1.54) is 5.56 Å². The molecule has 1 aliphatic heterocycles. The molecule has 0 saturated carbocycles. The molecule has 0 spiro atoms. The normalized spacial score (nSPS) is 31.6. The van der Waals surface area contributed by atoms with Crippen molar-refractivity contribution in [2.75, 3.05) is 0 Å². The lowest BCUT2D eigenvalue weighted by Gasteiger charge is -2.17. The first-order valence-corrected chi connectivity index (χ1v) is 6.72. The fraction of sp³-hybridized carbons (Fsp3) is 0.562. The van der Waals surface area contributed by atoms with Crippen LogP contribution in [0.15, 0.2) is 24.3 Å². The molecule has 1 heterocycles. The highest BCUT2D eigenvalue weighted by atomic mass is 16.5.